The second kappa shape index (κ2) is 6.12. The average molecular weight is 307 g/mol. The van der Waals surface area contributed by atoms with Crippen LogP contribution >= 0.6 is 0 Å². The zero-order valence-corrected chi connectivity index (χ0v) is 11.8. The number of carbonyl (C=O) groups excluding carboxylic acids is 2. The van der Waals surface area contributed by atoms with Crippen molar-refractivity contribution in [2.45, 2.75) is 6.54 Å². The van der Waals surface area contributed by atoms with Crippen LogP contribution in [0.1, 0.15) is 26.5 Å². The molecular weight excluding hydrogens is 294 g/mol. The fourth-order valence-corrected chi connectivity index (χ4v) is 1.82. The summed E-state index contributed by atoms with van der Waals surface area (Å²) in [6.45, 7) is -0.103. The summed E-state index contributed by atoms with van der Waals surface area (Å²) in [4.78, 5) is 23.4. The van der Waals surface area contributed by atoms with Crippen molar-refractivity contribution < 1.29 is 29.3 Å². The van der Waals surface area contributed by atoms with Crippen LogP contribution in [-0.4, -0.2) is 51.4 Å². The summed E-state index contributed by atoms with van der Waals surface area (Å²) in [6.07, 6.45) is 0. The largest absolute Gasteiger partial charge is 0.508 e. The molecule has 9 heteroatoms. The van der Waals surface area contributed by atoms with Gasteiger partial charge in [0.15, 0.2) is 5.69 Å². The highest BCUT2D eigenvalue weighted by atomic mass is 16.5. The summed E-state index contributed by atoms with van der Waals surface area (Å²) in [6, 6.07) is 3.90. The SMILES string of the molecule is COC(=O)c1nnn(Cc2cc(O)ccc2O)c1C(=O)OC. The van der Waals surface area contributed by atoms with E-state index in [0.717, 1.165) is 18.9 Å². The smallest absolute Gasteiger partial charge is 0.361 e. The van der Waals surface area contributed by atoms with E-state index in [1.165, 1.54) is 18.2 Å². The Labute approximate surface area is 124 Å². The van der Waals surface area contributed by atoms with E-state index in [-0.39, 0.29) is 35.0 Å². The monoisotopic (exact) mass is 307 g/mol. The van der Waals surface area contributed by atoms with Crippen molar-refractivity contribution in [2.75, 3.05) is 14.2 Å². The van der Waals surface area contributed by atoms with Gasteiger partial charge in [-0.15, -0.1) is 5.10 Å². The lowest BCUT2D eigenvalue weighted by Gasteiger charge is -2.08. The molecule has 0 aliphatic carbocycles. The molecule has 0 saturated heterocycles. The summed E-state index contributed by atoms with van der Waals surface area (Å²) in [7, 11) is 2.29. The van der Waals surface area contributed by atoms with Crippen LogP contribution in [0.15, 0.2) is 18.2 Å². The zero-order chi connectivity index (χ0) is 16.3. The van der Waals surface area contributed by atoms with Crippen LogP contribution in [0.4, 0.5) is 0 Å². The van der Waals surface area contributed by atoms with Crippen molar-refractivity contribution in [2.24, 2.45) is 0 Å². The van der Waals surface area contributed by atoms with Crippen LogP contribution in [0.3, 0.4) is 0 Å². The van der Waals surface area contributed by atoms with Gasteiger partial charge < -0.3 is 19.7 Å². The number of carbonyl (C=O) groups is 2. The number of methoxy groups -OCH3 is 2. The summed E-state index contributed by atoms with van der Waals surface area (Å²) in [5.74, 6) is -1.85. The van der Waals surface area contributed by atoms with Gasteiger partial charge in [-0.1, -0.05) is 5.21 Å². The van der Waals surface area contributed by atoms with Gasteiger partial charge >= 0.3 is 11.9 Å². The third-order valence-electron chi connectivity index (χ3n) is 2.88. The summed E-state index contributed by atoms with van der Waals surface area (Å²) in [5, 5.41) is 26.5. The molecule has 0 saturated carbocycles. The normalized spacial score (nSPS) is 10.3. The maximum atomic E-state index is 11.8. The number of phenolic OH excluding ortho intramolecular Hbond substituents is 2. The van der Waals surface area contributed by atoms with Gasteiger partial charge in [0.05, 0.1) is 20.8 Å². The third kappa shape index (κ3) is 2.82. The van der Waals surface area contributed by atoms with E-state index in [0.29, 0.717) is 0 Å². The van der Waals surface area contributed by atoms with Crippen LogP contribution in [0.25, 0.3) is 0 Å². The van der Waals surface area contributed by atoms with Gasteiger partial charge in [0.25, 0.3) is 0 Å². The lowest BCUT2D eigenvalue weighted by molar-refractivity contribution is 0.0544. The maximum absolute atomic E-state index is 11.8. The highest BCUT2D eigenvalue weighted by Gasteiger charge is 2.27. The van der Waals surface area contributed by atoms with E-state index in [9.17, 15) is 19.8 Å². The Balaban J connectivity index is 2.47. The van der Waals surface area contributed by atoms with Gasteiger partial charge in [-0.3, -0.25) is 0 Å². The van der Waals surface area contributed by atoms with Gasteiger partial charge in [0.2, 0.25) is 5.69 Å². The number of esters is 2. The van der Waals surface area contributed by atoms with Gasteiger partial charge in [0, 0.05) is 5.56 Å². The van der Waals surface area contributed by atoms with Crippen molar-refractivity contribution in [3.63, 3.8) is 0 Å². The van der Waals surface area contributed by atoms with Crippen LogP contribution in [-0.2, 0) is 16.0 Å². The first-order valence-corrected chi connectivity index (χ1v) is 6.09. The number of rotatable bonds is 4. The highest BCUT2D eigenvalue weighted by Crippen LogP contribution is 2.23. The van der Waals surface area contributed by atoms with E-state index >= 15 is 0 Å². The predicted molar refractivity (Wildman–Crippen MR) is 71.6 cm³/mol. The molecule has 2 aromatic rings. The van der Waals surface area contributed by atoms with Crippen molar-refractivity contribution in [3.8, 4) is 11.5 Å². The van der Waals surface area contributed by atoms with E-state index in [4.69, 9.17) is 0 Å². The Kier molecular flexibility index (Phi) is 4.25. The Morgan fingerprint density at radius 1 is 1.18 bits per heavy atom. The van der Waals surface area contributed by atoms with Crippen LogP contribution in [0.5, 0.6) is 11.5 Å². The number of nitrogens with zero attached hydrogens (tertiary/aromatic N) is 3. The number of ether oxygens (including phenoxy) is 2. The molecule has 116 valence electrons. The average Bonchev–Trinajstić information content (AvgIpc) is 2.93. The minimum Gasteiger partial charge on any atom is -0.508 e. The van der Waals surface area contributed by atoms with Crippen molar-refractivity contribution in [1.29, 1.82) is 0 Å². The molecule has 1 heterocycles. The maximum Gasteiger partial charge on any atom is 0.361 e. The quantitative estimate of drug-likeness (QED) is 0.611. The summed E-state index contributed by atoms with van der Waals surface area (Å²) >= 11 is 0. The molecule has 1 aromatic carbocycles. The molecule has 0 unspecified atom stereocenters. The molecule has 2 rings (SSSR count). The second-order valence-electron chi connectivity index (χ2n) is 4.24. The molecule has 0 spiro atoms. The molecule has 1 aromatic heterocycles. The highest BCUT2D eigenvalue weighted by molar-refractivity contribution is 6.00. The first-order chi connectivity index (χ1) is 10.5. The fraction of sp³-hybridized carbons (Fsp3) is 0.231. The molecule has 0 fully saturated rings. The number of aromatic nitrogens is 3. The number of hydrogen-bond donors (Lipinski definition) is 2. The van der Waals surface area contributed by atoms with Crippen molar-refractivity contribution >= 4 is 11.9 Å². The zero-order valence-electron chi connectivity index (χ0n) is 11.8. The standard InChI is InChI=1S/C13H13N3O6/c1-21-12(19)10-11(13(20)22-2)16(15-14-10)6-7-5-8(17)3-4-9(7)18/h3-5,17-18H,6H2,1-2H3. The molecule has 9 nitrogen and oxygen atoms in total. The molecule has 0 amide bonds. The molecule has 0 radical (unpaired) electrons. The Morgan fingerprint density at radius 2 is 1.86 bits per heavy atom. The Morgan fingerprint density at radius 3 is 2.50 bits per heavy atom. The molecule has 0 aliphatic rings. The molecule has 0 atom stereocenters. The molecule has 22 heavy (non-hydrogen) atoms. The number of benzene rings is 1. The summed E-state index contributed by atoms with van der Waals surface area (Å²) in [5.41, 5.74) is -0.224. The Hall–Kier alpha value is -3.10. The van der Waals surface area contributed by atoms with E-state index in [1.807, 2.05) is 0 Å². The van der Waals surface area contributed by atoms with Crippen molar-refractivity contribution in [3.05, 3.63) is 35.2 Å². The van der Waals surface area contributed by atoms with Gasteiger partial charge in [-0.25, -0.2) is 14.3 Å². The number of hydrogen-bond acceptors (Lipinski definition) is 8. The van der Waals surface area contributed by atoms with Crippen LogP contribution in [0, 0.1) is 0 Å². The van der Waals surface area contributed by atoms with Crippen molar-refractivity contribution in [1.82, 2.24) is 15.0 Å². The predicted octanol–water partition coefficient (Wildman–Crippen LogP) is 0.311. The van der Waals surface area contributed by atoms with Crippen LogP contribution < -0.4 is 0 Å². The van der Waals surface area contributed by atoms with Crippen LogP contribution in [0.2, 0.25) is 0 Å². The van der Waals surface area contributed by atoms with Gasteiger partial charge in [0.1, 0.15) is 11.5 Å². The third-order valence-corrected chi connectivity index (χ3v) is 2.88. The first kappa shape index (κ1) is 15.3. The topological polar surface area (TPSA) is 124 Å². The van der Waals surface area contributed by atoms with E-state index in [2.05, 4.69) is 19.8 Å². The minimum absolute atomic E-state index is 0.0688. The second-order valence-corrected chi connectivity index (χ2v) is 4.24. The molecular formula is C13H13N3O6. The van der Waals surface area contributed by atoms with Gasteiger partial charge in [-0.2, -0.15) is 0 Å². The molecule has 0 bridgehead atoms. The fourth-order valence-electron chi connectivity index (χ4n) is 1.82. The summed E-state index contributed by atoms with van der Waals surface area (Å²) < 4.78 is 10.2. The lowest BCUT2D eigenvalue weighted by atomic mass is 10.2. The molecule has 2 N–H and O–H groups in total. The lowest BCUT2D eigenvalue weighted by Crippen LogP contribution is -2.17. The van der Waals surface area contributed by atoms with Gasteiger partial charge in [-0.05, 0) is 18.2 Å². The Bertz CT molecular complexity index is 725. The first-order valence-electron chi connectivity index (χ1n) is 6.09. The number of phenols is 2. The minimum atomic E-state index is -0.841. The molecule has 0 aliphatic heterocycles. The van der Waals surface area contributed by atoms with E-state index < -0.39 is 11.9 Å². The van der Waals surface area contributed by atoms with E-state index in [1.54, 1.807) is 0 Å². The number of aromatic hydroxyl groups is 2.